The van der Waals surface area contributed by atoms with Gasteiger partial charge in [-0.1, -0.05) is 13.8 Å². The third-order valence-electron chi connectivity index (χ3n) is 2.47. The fourth-order valence-corrected chi connectivity index (χ4v) is 1.70. The molecule has 0 N–H and O–H groups in total. The van der Waals surface area contributed by atoms with Gasteiger partial charge < -0.3 is 4.90 Å². The van der Waals surface area contributed by atoms with Crippen molar-refractivity contribution < 1.29 is 18.5 Å². The number of nitro groups is 1. The van der Waals surface area contributed by atoms with Crippen molar-refractivity contribution in [3.05, 3.63) is 39.4 Å². The molecule has 0 heterocycles. The van der Waals surface area contributed by atoms with Crippen LogP contribution >= 0.6 is 0 Å². The van der Waals surface area contributed by atoms with E-state index in [0.29, 0.717) is 12.6 Å². The second-order valence-corrected chi connectivity index (χ2v) is 4.59. The Balaban J connectivity index is 3.22. The third-order valence-corrected chi connectivity index (χ3v) is 2.47. The lowest BCUT2D eigenvalue weighted by atomic mass is 10.1. The van der Waals surface area contributed by atoms with Crippen molar-refractivity contribution in [3.8, 4) is 0 Å². The predicted octanol–water partition coefficient (Wildman–Crippen LogP) is 2.60. The van der Waals surface area contributed by atoms with E-state index in [1.54, 1.807) is 0 Å². The highest BCUT2D eigenvalue weighted by Crippen LogP contribution is 2.24. The Morgan fingerprint density at radius 2 is 2.00 bits per heavy atom. The maximum Gasteiger partial charge on any atom is 0.305 e. The number of rotatable bonds is 4. The van der Waals surface area contributed by atoms with Gasteiger partial charge >= 0.3 is 5.69 Å². The summed E-state index contributed by atoms with van der Waals surface area (Å²) in [5, 5.41) is 10.6. The van der Waals surface area contributed by atoms with Gasteiger partial charge in [0.25, 0.3) is 5.91 Å². The van der Waals surface area contributed by atoms with Gasteiger partial charge in [0.05, 0.1) is 4.92 Å². The highest BCUT2D eigenvalue weighted by Gasteiger charge is 2.28. The van der Waals surface area contributed by atoms with Gasteiger partial charge in [-0.15, -0.1) is 0 Å². The van der Waals surface area contributed by atoms with Gasteiger partial charge in [-0.3, -0.25) is 14.9 Å². The van der Waals surface area contributed by atoms with E-state index in [1.807, 2.05) is 13.8 Å². The van der Waals surface area contributed by atoms with E-state index in [9.17, 15) is 23.7 Å². The molecule has 0 saturated heterocycles. The van der Waals surface area contributed by atoms with Gasteiger partial charge in [-0.25, -0.2) is 4.39 Å². The molecule has 104 valence electrons. The van der Waals surface area contributed by atoms with Gasteiger partial charge in [-0.2, -0.15) is 4.39 Å². The van der Waals surface area contributed by atoms with Crippen LogP contribution in [0.1, 0.15) is 24.2 Å². The van der Waals surface area contributed by atoms with Crippen LogP contribution in [0.4, 0.5) is 14.5 Å². The third kappa shape index (κ3) is 3.24. The summed E-state index contributed by atoms with van der Waals surface area (Å²) in [6.45, 7) is 3.97. The van der Waals surface area contributed by atoms with Crippen molar-refractivity contribution in [1.29, 1.82) is 0 Å². The van der Waals surface area contributed by atoms with Crippen molar-refractivity contribution in [3.63, 3.8) is 0 Å². The number of halogens is 2. The molecule has 19 heavy (non-hydrogen) atoms. The first-order chi connectivity index (χ1) is 8.75. The average molecular weight is 272 g/mol. The van der Waals surface area contributed by atoms with Crippen molar-refractivity contribution >= 4 is 11.6 Å². The Hall–Kier alpha value is -2.05. The maximum atomic E-state index is 13.8. The van der Waals surface area contributed by atoms with Crippen molar-refractivity contribution in [1.82, 2.24) is 4.90 Å². The van der Waals surface area contributed by atoms with Crippen LogP contribution in [0, 0.1) is 27.7 Å². The zero-order valence-electron chi connectivity index (χ0n) is 10.8. The largest absolute Gasteiger partial charge is 0.341 e. The van der Waals surface area contributed by atoms with Gasteiger partial charge in [0.15, 0.2) is 0 Å². The van der Waals surface area contributed by atoms with Crippen LogP contribution in [0.5, 0.6) is 0 Å². The van der Waals surface area contributed by atoms with Crippen LogP contribution in [0.2, 0.25) is 0 Å². The molecule has 0 aromatic heterocycles. The van der Waals surface area contributed by atoms with Gasteiger partial charge in [0.1, 0.15) is 11.4 Å². The average Bonchev–Trinajstić information content (AvgIpc) is 2.27. The Labute approximate surface area is 109 Å². The molecule has 1 aromatic carbocycles. The molecule has 0 atom stereocenters. The van der Waals surface area contributed by atoms with Crippen molar-refractivity contribution in [2.75, 3.05) is 13.6 Å². The van der Waals surface area contributed by atoms with Crippen LogP contribution in [0.25, 0.3) is 0 Å². The molecular formula is C12H14F2N2O3. The van der Waals surface area contributed by atoms with Gasteiger partial charge in [0.2, 0.25) is 5.82 Å². The molecular weight excluding hydrogens is 258 g/mol. The first kappa shape index (κ1) is 15.0. The minimum atomic E-state index is -1.44. The molecule has 0 aliphatic carbocycles. The molecule has 1 rings (SSSR count). The number of carbonyl (C=O) groups is 1. The summed E-state index contributed by atoms with van der Waals surface area (Å²) in [5.41, 5.74) is -1.81. The summed E-state index contributed by atoms with van der Waals surface area (Å²) in [4.78, 5) is 22.6. The molecule has 1 amide bonds. The fraction of sp³-hybridized carbons (Fsp3) is 0.417. The zero-order valence-corrected chi connectivity index (χ0v) is 10.8. The van der Waals surface area contributed by atoms with Crippen molar-refractivity contribution in [2.45, 2.75) is 13.8 Å². The van der Waals surface area contributed by atoms with E-state index in [0.717, 1.165) is 11.0 Å². The number of amides is 1. The molecule has 0 aliphatic rings. The fourth-order valence-electron chi connectivity index (χ4n) is 1.70. The van der Waals surface area contributed by atoms with Crippen LogP contribution in [-0.4, -0.2) is 29.3 Å². The molecule has 1 aromatic rings. The van der Waals surface area contributed by atoms with Crippen LogP contribution in [0.15, 0.2) is 12.1 Å². The van der Waals surface area contributed by atoms with Crippen LogP contribution in [-0.2, 0) is 0 Å². The van der Waals surface area contributed by atoms with Crippen LogP contribution < -0.4 is 0 Å². The number of benzene rings is 1. The molecule has 0 fully saturated rings. The lowest BCUT2D eigenvalue weighted by Crippen LogP contribution is -2.31. The first-order valence-electron chi connectivity index (χ1n) is 5.63. The topological polar surface area (TPSA) is 63.5 Å². The second-order valence-electron chi connectivity index (χ2n) is 4.59. The van der Waals surface area contributed by atoms with E-state index < -0.39 is 33.7 Å². The molecule has 0 radical (unpaired) electrons. The van der Waals surface area contributed by atoms with Crippen LogP contribution in [0.3, 0.4) is 0 Å². The van der Waals surface area contributed by atoms with E-state index in [1.165, 1.54) is 7.05 Å². The molecule has 0 saturated carbocycles. The zero-order chi connectivity index (χ0) is 14.7. The molecule has 5 nitrogen and oxygen atoms in total. The summed E-state index contributed by atoms with van der Waals surface area (Å²) in [6.07, 6.45) is 0. The van der Waals surface area contributed by atoms with E-state index in [2.05, 4.69) is 0 Å². The molecule has 0 aliphatic heterocycles. The second kappa shape index (κ2) is 5.73. The highest BCUT2D eigenvalue weighted by atomic mass is 19.1. The summed E-state index contributed by atoms with van der Waals surface area (Å²) in [7, 11) is 1.39. The van der Waals surface area contributed by atoms with Crippen molar-refractivity contribution in [2.24, 2.45) is 5.92 Å². The first-order valence-corrected chi connectivity index (χ1v) is 5.63. The minimum Gasteiger partial charge on any atom is -0.341 e. The van der Waals surface area contributed by atoms with E-state index in [-0.39, 0.29) is 5.92 Å². The molecule has 0 bridgehead atoms. The Morgan fingerprint density at radius 1 is 1.42 bits per heavy atom. The Kier molecular flexibility index (Phi) is 4.52. The molecule has 0 spiro atoms. The molecule has 0 unspecified atom stereocenters. The summed E-state index contributed by atoms with van der Waals surface area (Å²) in [5.74, 6) is -3.35. The van der Waals surface area contributed by atoms with Gasteiger partial charge in [0, 0.05) is 19.7 Å². The smallest absolute Gasteiger partial charge is 0.305 e. The number of nitro benzene ring substituents is 1. The lowest BCUT2D eigenvalue weighted by molar-refractivity contribution is -0.387. The Morgan fingerprint density at radius 3 is 2.47 bits per heavy atom. The summed E-state index contributed by atoms with van der Waals surface area (Å²) < 4.78 is 27.3. The minimum absolute atomic E-state index is 0.110. The molecule has 7 heteroatoms. The maximum absolute atomic E-state index is 13.8. The lowest BCUT2D eigenvalue weighted by Gasteiger charge is -2.19. The van der Waals surface area contributed by atoms with Gasteiger partial charge in [-0.05, 0) is 12.0 Å². The normalized spacial score (nSPS) is 10.6. The number of hydrogen-bond donors (Lipinski definition) is 0. The quantitative estimate of drug-likeness (QED) is 0.625. The monoisotopic (exact) mass is 272 g/mol. The predicted molar refractivity (Wildman–Crippen MR) is 64.8 cm³/mol. The van der Waals surface area contributed by atoms with E-state index >= 15 is 0 Å². The standard InChI is InChI=1S/C12H14F2N2O3/c1-7(2)6-15(3)12(17)10-8(13)4-5-9(11(10)14)16(18)19/h4-5,7H,6H2,1-3H3. The van der Waals surface area contributed by atoms with E-state index in [4.69, 9.17) is 0 Å². The SMILES string of the molecule is CC(C)CN(C)C(=O)c1c(F)ccc([N+](=O)[O-])c1F. The number of nitrogens with zero attached hydrogens (tertiary/aromatic N) is 2. The Bertz CT molecular complexity index is 518. The summed E-state index contributed by atoms with van der Waals surface area (Å²) in [6, 6.07) is 1.42. The summed E-state index contributed by atoms with van der Waals surface area (Å²) >= 11 is 0. The number of hydrogen-bond acceptors (Lipinski definition) is 3. The highest BCUT2D eigenvalue weighted by molar-refractivity contribution is 5.95. The number of carbonyl (C=O) groups excluding carboxylic acids is 1.